The van der Waals surface area contributed by atoms with Crippen molar-refractivity contribution in [3.8, 4) is 39.1 Å². The van der Waals surface area contributed by atoms with E-state index in [1.165, 1.54) is 76.7 Å². The van der Waals surface area contributed by atoms with Gasteiger partial charge in [-0.15, -0.1) is 0 Å². The lowest BCUT2D eigenvalue weighted by Crippen LogP contribution is -2.09. The highest BCUT2D eigenvalue weighted by molar-refractivity contribution is 6.22. The Morgan fingerprint density at radius 1 is 0.259 bits per heavy atom. The van der Waals surface area contributed by atoms with Gasteiger partial charge in [-0.1, -0.05) is 164 Å². The van der Waals surface area contributed by atoms with E-state index in [1.54, 1.807) is 0 Å². The number of para-hydroxylation sites is 3. The highest BCUT2D eigenvalue weighted by atomic mass is 15.1. The predicted octanol–water partition coefficient (Wildman–Crippen LogP) is 15.6. The van der Waals surface area contributed by atoms with Crippen LogP contribution >= 0.6 is 0 Å². The second-order valence-corrected chi connectivity index (χ2v) is 14.9. The van der Waals surface area contributed by atoms with E-state index in [2.05, 4.69) is 240 Å². The molecule has 0 saturated heterocycles. The van der Waals surface area contributed by atoms with Crippen LogP contribution in [0.5, 0.6) is 0 Å². The molecular formula is C56H38N2. The summed E-state index contributed by atoms with van der Waals surface area (Å²) in [6.07, 6.45) is 0. The molecule has 0 saturated carbocycles. The molecule has 10 aromatic carbocycles. The Bertz CT molecular complexity index is 3240. The third-order valence-corrected chi connectivity index (χ3v) is 11.6. The summed E-state index contributed by atoms with van der Waals surface area (Å²) in [7, 11) is 0. The smallest absolute Gasteiger partial charge is 0.0542 e. The molecule has 58 heavy (non-hydrogen) atoms. The molecule has 0 fully saturated rings. The van der Waals surface area contributed by atoms with Crippen LogP contribution in [0.2, 0.25) is 0 Å². The minimum atomic E-state index is 1.10. The van der Waals surface area contributed by atoms with Crippen LogP contribution in [0, 0.1) is 0 Å². The molecule has 0 amide bonds. The molecule has 1 aromatic heterocycles. The number of anilines is 3. The first kappa shape index (κ1) is 33.6. The van der Waals surface area contributed by atoms with Crippen LogP contribution < -0.4 is 4.90 Å². The van der Waals surface area contributed by atoms with E-state index in [0.29, 0.717) is 0 Å². The maximum atomic E-state index is 2.40. The van der Waals surface area contributed by atoms with Crippen molar-refractivity contribution < 1.29 is 0 Å². The second-order valence-electron chi connectivity index (χ2n) is 14.9. The summed E-state index contributed by atoms with van der Waals surface area (Å²) in [6.45, 7) is 0. The van der Waals surface area contributed by atoms with Crippen molar-refractivity contribution >= 4 is 60.4 Å². The summed E-state index contributed by atoms with van der Waals surface area (Å²) in [5.74, 6) is 0. The van der Waals surface area contributed by atoms with Crippen LogP contribution in [0.3, 0.4) is 0 Å². The lowest BCUT2D eigenvalue weighted by molar-refractivity contribution is 1.18. The molecule has 2 nitrogen and oxygen atoms in total. The van der Waals surface area contributed by atoms with Crippen LogP contribution in [-0.4, -0.2) is 4.57 Å². The fourth-order valence-corrected chi connectivity index (χ4v) is 8.96. The van der Waals surface area contributed by atoms with Gasteiger partial charge in [0.15, 0.2) is 0 Å². The molecule has 0 unspecified atom stereocenters. The molecular weight excluding hydrogens is 701 g/mol. The number of benzene rings is 10. The molecule has 2 heteroatoms. The molecule has 11 rings (SSSR count). The summed E-state index contributed by atoms with van der Waals surface area (Å²) in [6, 6.07) is 83.6. The molecule has 272 valence electrons. The van der Waals surface area contributed by atoms with Gasteiger partial charge in [0.2, 0.25) is 0 Å². The van der Waals surface area contributed by atoms with E-state index >= 15 is 0 Å². The summed E-state index contributed by atoms with van der Waals surface area (Å²) in [4.78, 5) is 2.37. The van der Waals surface area contributed by atoms with Crippen LogP contribution in [0.1, 0.15) is 0 Å². The number of rotatable bonds is 7. The summed E-state index contributed by atoms with van der Waals surface area (Å²) < 4.78 is 2.37. The Labute approximate surface area is 338 Å². The van der Waals surface area contributed by atoms with Crippen LogP contribution in [-0.2, 0) is 0 Å². The monoisotopic (exact) mass is 738 g/mol. The van der Waals surface area contributed by atoms with Gasteiger partial charge in [-0.3, -0.25) is 0 Å². The lowest BCUT2D eigenvalue weighted by Gasteiger charge is -2.26. The lowest BCUT2D eigenvalue weighted by atomic mass is 9.84. The Balaban J connectivity index is 1.06. The Hall–Kier alpha value is -7.68. The minimum Gasteiger partial charge on any atom is -0.310 e. The SMILES string of the molecule is c1ccc(-c2c(-c3ccccc3)c3cc(-c4ccc(N(c5ccccc5)c5ccc6c(c5)c5ccccc5n6-c5ccccc5)cc4)ccc3c3ccccc23)cc1. The summed E-state index contributed by atoms with van der Waals surface area (Å²) in [5, 5.41) is 7.50. The van der Waals surface area contributed by atoms with Crippen molar-refractivity contribution in [3.05, 3.63) is 231 Å². The van der Waals surface area contributed by atoms with E-state index in [1.807, 2.05) is 0 Å². The zero-order valence-electron chi connectivity index (χ0n) is 31.8. The van der Waals surface area contributed by atoms with Crippen molar-refractivity contribution in [2.75, 3.05) is 4.90 Å². The highest BCUT2D eigenvalue weighted by Gasteiger charge is 2.20. The van der Waals surface area contributed by atoms with Gasteiger partial charge in [0.05, 0.1) is 11.0 Å². The van der Waals surface area contributed by atoms with Gasteiger partial charge >= 0.3 is 0 Å². The zero-order valence-corrected chi connectivity index (χ0v) is 31.8. The third kappa shape index (κ3) is 5.66. The van der Waals surface area contributed by atoms with E-state index in [4.69, 9.17) is 0 Å². The van der Waals surface area contributed by atoms with Crippen molar-refractivity contribution in [2.24, 2.45) is 0 Å². The first-order valence-corrected chi connectivity index (χ1v) is 19.9. The summed E-state index contributed by atoms with van der Waals surface area (Å²) in [5.41, 5.74) is 14.2. The fraction of sp³-hybridized carbons (Fsp3) is 0. The molecule has 0 atom stereocenters. The van der Waals surface area contributed by atoms with Crippen molar-refractivity contribution in [3.63, 3.8) is 0 Å². The first-order chi connectivity index (χ1) is 28.8. The minimum absolute atomic E-state index is 1.10. The molecule has 0 aliphatic heterocycles. The average molecular weight is 739 g/mol. The summed E-state index contributed by atoms with van der Waals surface area (Å²) >= 11 is 0. The third-order valence-electron chi connectivity index (χ3n) is 11.6. The van der Waals surface area contributed by atoms with E-state index in [-0.39, 0.29) is 0 Å². The van der Waals surface area contributed by atoms with Gasteiger partial charge in [-0.25, -0.2) is 0 Å². The van der Waals surface area contributed by atoms with E-state index in [9.17, 15) is 0 Å². The molecule has 0 N–H and O–H groups in total. The molecule has 0 spiro atoms. The van der Waals surface area contributed by atoms with Crippen molar-refractivity contribution in [2.45, 2.75) is 0 Å². The maximum Gasteiger partial charge on any atom is 0.0542 e. The average Bonchev–Trinajstić information content (AvgIpc) is 3.63. The first-order valence-electron chi connectivity index (χ1n) is 19.9. The molecule has 11 aromatic rings. The van der Waals surface area contributed by atoms with Crippen molar-refractivity contribution in [1.29, 1.82) is 0 Å². The maximum absolute atomic E-state index is 2.40. The van der Waals surface area contributed by atoms with Gasteiger partial charge in [0.1, 0.15) is 0 Å². The second kappa shape index (κ2) is 14.1. The number of nitrogens with zero attached hydrogens (tertiary/aromatic N) is 2. The van der Waals surface area contributed by atoms with E-state index in [0.717, 1.165) is 22.7 Å². The molecule has 1 heterocycles. The van der Waals surface area contributed by atoms with Gasteiger partial charge < -0.3 is 9.47 Å². The number of aromatic nitrogens is 1. The quantitative estimate of drug-likeness (QED) is 0.148. The standard InChI is InChI=1S/C56H38N2/c1-5-17-40(18-6-1)55-50-27-14-13-25-47(50)48-35-31-42(37-52(48)56(55)41-19-7-2-8-20-41)39-29-32-45(33-30-39)57(43-21-9-3-10-22-43)46-34-36-54-51(38-46)49-26-15-16-28-53(49)58(54)44-23-11-4-12-24-44/h1-38H. The molecule has 0 radical (unpaired) electrons. The van der Waals surface area contributed by atoms with Crippen molar-refractivity contribution in [1.82, 2.24) is 4.57 Å². The topological polar surface area (TPSA) is 8.17 Å². The Morgan fingerprint density at radius 3 is 1.43 bits per heavy atom. The highest BCUT2D eigenvalue weighted by Crippen LogP contribution is 2.46. The van der Waals surface area contributed by atoms with E-state index < -0.39 is 0 Å². The van der Waals surface area contributed by atoms with Gasteiger partial charge in [0.25, 0.3) is 0 Å². The number of fused-ring (bicyclic) bond motifs is 6. The normalized spacial score (nSPS) is 11.4. The van der Waals surface area contributed by atoms with Crippen LogP contribution in [0.25, 0.3) is 82.4 Å². The predicted molar refractivity (Wildman–Crippen MR) is 247 cm³/mol. The molecule has 0 aliphatic carbocycles. The van der Waals surface area contributed by atoms with Crippen LogP contribution in [0.15, 0.2) is 231 Å². The fourth-order valence-electron chi connectivity index (χ4n) is 8.96. The zero-order chi connectivity index (χ0) is 38.4. The Kier molecular flexibility index (Phi) is 8.19. The van der Waals surface area contributed by atoms with Gasteiger partial charge in [-0.05, 0) is 122 Å². The molecule has 0 aliphatic rings. The largest absolute Gasteiger partial charge is 0.310 e. The number of hydrogen-bond acceptors (Lipinski definition) is 1. The van der Waals surface area contributed by atoms with Gasteiger partial charge in [-0.2, -0.15) is 0 Å². The number of hydrogen-bond donors (Lipinski definition) is 0. The molecule has 0 bridgehead atoms. The van der Waals surface area contributed by atoms with Gasteiger partial charge in [0, 0.05) is 33.5 Å². The Morgan fingerprint density at radius 2 is 0.741 bits per heavy atom. The van der Waals surface area contributed by atoms with Crippen LogP contribution in [0.4, 0.5) is 17.1 Å².